The van der Waals surface area contributed by atoms with Crippen LogP contribution in [0.1, 0.15) is 119 Å². The highest BCUT2D eigenvalue weighted by Crippen LogP contribution is 2.83. The largest absolute Gasteiger partial charge is 0.393 e. The van der Waals surface area contributed by atoms with Gasteiger partial charge in [0.15, 0.2) is 0 Å². The number of fused-ring (bicyclic) bond motifs is 5. The molecule has 7 heteroatoms. The van der Waals surface area contributed by atoms with Crippen LogP contribution in [0.5, 0.6) is 0 Å². The molecule has 4 fully saturated rings. The average Bonchev–Trinajstić information content (AvgIpc) is 3.07. The van der Waals surface area contributed by atoms with Crippen LogP contribution in [-0.2, 0) is 14.9 Å². The fourth-order valence-corrected chi connectivity index (χ4v) is 11.3. The van der Waals surface area contributed by atoms with Gasteiger partial charge in [-0.2, -0.15) is 8.42 Å². The quantitative estimate of drug-likeness (QED) is 0.345. The lowest BCUT2D eigenvalue weighted by Crippen LogP contribution is -2.70. The first-order chi connectivity index (χ1) is 16.9. The van der Waals surface area contributed by atoms with Crippen molar-refractivity contribution in [3.63, 3.8) is 0 Å². The number of carbonyl (C=O) groups is 1. The summed E-state index contributed by atoms with van der Waals surface area (Å²) in [4.78, 5) is 12.4. The number of aliphatic hydroxyl groups is 1. The SMILES string of the molecule is C[C@H](CCC(=O)NCCS(=O)(=O)O)[C@H]1CC[C@@]2(C)[C@]3(C)CC[C@]4(C)C[C@H](O)CC[C@]4(C)[C@@]3(C)CC[C@]12C. The fourth-order valence-electron chi connectivity index (χ4n) is 11.0. The number of hydrogen-bond donors (Lipinski definition) is 3. The molecule has 4 aliphatic carbocycles. The second-order valence-corrected chi connectivity index (χ2v) is 16.6. The third kappa shape index (κ3) is 4.15. The molecular weight excluding hydrogens is 486 g/mol. The van der Waals surface area contributed by atoms with E-state index in [9.17, 15) is 18.3 Å². The number of hydrogen-bond acceptors (Lipinski definition) is 4. The van der Waals surface area contributed by atoms with E-state index in [4.69, 9.17) is 4.55 Å². The molecule has 9 atom stereocenters. The standard InChI is InChI=1S/C30H53NO5S/c1-21(8-9-24(33)31-18-19-37(34,35)36)23-11-13-28(5)26(23,3)15-17-29(6)27(4)12-10-22(32)20-25(27,2)14-16-30(28,29)7/h21-23,32H,8-20H2,1-7H3,(H,31,33)(H,34,35,36)/t21-,22-,23-,25-,26-,27+,28-,29-,30+/m1/s1. The van der Waals surface area contributed by atoms with Crippen molar-refractivity contribution < 1.29 is 22.9 Å². The van der Waals surface area contributed by atoms with Gasteiger partial charge in [-0.05, 0) is 109 Å². The third-order valence-corrected chi connectivity index (χ3v) is 14.9. The van der Waals surface area contributed by atoms with E-state index in [1.807, 2.05) is 0 Å². The lowest BCUT2D eigenvalue weighted by molar-refractivity contribution is -0.291. The lowest BCUT2D eigenvalue weighted by Gasteiger charge is -2.77. The van der Waals surface area contributed by atoms with Crippen molar-refractivity contribution in [2.45, 2.75) is 125 Å². The Labute approximate surface area is 225 Å². The summed E-state index contributed by atoms with van der Waals surface area (Å²) in [6, 6.07) is 0. The summed E-state index contributed by atoms with van der Waals surface area (Å²) >= 11 is 0. The summed E-state index contributed by atoms with van der Waals surface area (Å²) < 4.78 is 30.7. The van der Waals surface area contributed by atoms with Gasteiger partial charge in [0.05, 0.1) is 11.9 Å². The Balaban J connectivity index is 1.52. The minimum Gasteiger partial charge on any atom is -0.393 e. The number of carbonyl (C=O) groups excluding carboxylic acids is 1. The monoisotopic (exact) mass is 539 g/mol. The average molecular weight is 540 g/mol. The molecule has 0 saturated heterocycles. The van der Waals surface area contributed by atoms with Gasteiger partial charge in [0, 0.05) is 13.0 Å². The highest BCUT2D eigenvalue weighted by molar-refractivity contribution is 7.85. The summed E-state index contributed by atoms with van der Waals surface area (Å²) in [6.45, 7) is 17.7. The zero-order chi connectivity index (χ0) is 27.7. The molecule has 3 N–H and O–H groups in total. The topological polar surface area (TPSA) is 104 Å². The predicted molar refractivity (Wildman–Crippen MR) is 148 cm³/mol. The maximum absolute atomic E-state index is 12.4. The van der Waals surface area contributed by atoms with Crippen molar-refractivity contribution in [3.8, 4) is 0 Å². The summed E-state index contributed by atoms with van der Waals surface area (Å²) in [5.41, 5.74) is 1.32. The number of amides is 1. The van der Waals surface area contributed by atoms with Gasteiger partial charge >= 0.3 is 0 Å². The van der Waals surface area contributed by atoms with Crippen molar-refractivity contribution >= 4 is 16.0 Å². The van der Waals surface area contributed by atoms with Gasteiger partial charge in [-0.25, -0.2) is 0 Å². The number of rotatable bonds is 7. The van der Waals surface area contributed by atoms with E-state index in [2.05, 4.69) is 53.8 Å². The van der Waals surface area contributed by atoms with Crippen molar-refractivity contribution in [2.24, 2.45) is 44.3 Å². The van der Waals surface area contributed by atoms with Crippen LogP contribution in [0.3, 0.4) is 0 Å². The molecular formula is C30H53NO5S. The molecule has 6 nitrogen and oxygen atoms in total. The first-order valence-corrected chi connectivity index (χ1v) is 16.4. The summed E-state index contributed by atoms with van der Waals surface area (Å²) in [7, 11) is -4.06. The third-order valence-electron chi connectivity index (χ3n) is 14.2. The fraction of sp³-hybridized carbons (Fsp3) is 0.967. The van der Waals surface area contributed by atoms with E-state index < -0.39 is 15.9 Å². The van der Waals surface area contributed by atoms with E-state index in [1.54, 1.807) is 0 Å². The van der Waals surface area contributed by atoms with E-state index in [0.29, 0.717) is 18.3 Å². The maximum Gasteiger partial charge on any atom is 0.266 e. The summed E-state index contributed by atoms with van der Waals surface area (Å²) in [6.07, 6.45) is 11.3. The normalized spacial score (nSPS) is 48.5. The Kier molecular flexibility index (Phi) is 7.28. The van der Waals surface area contributed by atoms with Crippen molar-refractivity contribution in [1.29, 1.82) is 0 Å². The highest BCUT2D eigenvalue weighted by Gasteiger charge is 2.76. The molecule has 0 aliphatic heterocycles. The van der Waals surface area contributed by atoms with Gasteiger partial charge in [-0.1, -0.05) is 48.5 Å². The lowest BCUT2D eigenvalue weighted by atomic mass is 9.27. The Morgan fingerprint density at radius 2 is 1.49 bits per heavy atom. The van der Waals surface area contributed by atoms with Crippen molar-refractivity contribution in [1.82, 2.24) is 5.32 Å². The Bertz CT molecular complexity index is 1020. The second kappa shape index (κ2) is 9.19. The smallest absolute Gasteiger partial charge is 0.266 e. The molecule has 0 radical (unpaired) electrons. The van der Waals surface area contributed by atoms with Gasteiger partial charge in [0.2, 0.25) is 5.91 Å². The zero-order valence-corrected chi connectivity index (χ0v) is 25.3. The molecule has 0 bridgehead atoms. The van der Waals surface area contributed by atoms with Crippen LogP contribution in [0.15, 0.2) is 0 Å². The van der Waals surface area contributed by atoms with Crippen molar-refractivity contribution in [3.05, 3.63) is 0 Å². The number of nitrogens with one attached hydrogen (secondary N) is 1. The molecule has 0 aromatic carbocycles. The Morgan fingerprint density at radius 1 is 0.892 bits per heavy atom. The summed E-state index contributed by atoms with van der Waals surface area (Å²) in [5.74, 6) is 0.408. The molecule has 0 unspecified atom stereocenters. The van der Waals surface area contributed by atoms with E-state index >= 15 is 0 Å². The van der Waals surface area contributed by atoms with E-state index in [0.717, 1.165) is 25.7 Å². The molecule has 4 aliphatic rings. The first kappa shape index (κ1) is 29.3. The van der Waals surface area contributed by atoms with Gasteiger partial charge < -0.3 is 10.4 Å². The van der Waals surface area contributed by atoms with Crippen LogP contribution >= 0.6 is 0 Å². The van der Waals surface area contributed by atoms with Crippen LogP contribution in [0.25, 0.3) is 0 Å². The summed E-state index contributed by atoms with van der Waals surface area (Å²) in [5, 5.41) is 13.3. The molecule has 0 heterocycles. The molecule has 4 saturated carbocycles. The molecule has 0 spiro atoms. The van der Waals surface area contributed by atoms with Crippen LogP contribution < -0.4 is 5.32 Å². The minimum atomic E-state index is -4.06. The molecule has 0 aromatic rings. The number of aliphatic hydroxyl groups excluding tert-OH is 1. The molecule has 4 rings (SSSR count). The second-order valence-electron chi connectivity index (χ2n) is 15.0. The molecule has 0 aromatic heterocycles. The molecule has 214 valence electrons. The Morgan fingerprint density at radius 3 is 2.14 bits per heavy atom. The van der Waals surface area contributed by atoms with Gasteiger partial charge in [-0.3, -0.25) is 9.35 Å². The highest BCUT2D eigenvalue weighted by atomic mass is 32.2. The minimum absolute atomic E-state index is 0.0447. The van der Waals surface area contributed by atoms with Crippen LogP contribution in [0.4, 0.5) is 0 Å². The molecule has 37 heavy (non-hydrogen) atoms. The van der Waals surface area contributed by atoms with Gasteiger partial charge in [-0.15, -0.1) is 0 Å². The first-order valence-electron chi connectivity index (χ1n) is 14.8. The maximum atomic E-state index is 12.4. The van der Waals surface area contributed by atoms with Crippen LogP contribution in [-0.4, -0.2) is 42.4 Å². The van der Waals surface area contributed by atoms with Gasteiger partial charge in [0.1, 0.15) is 0 Å². The van der Waals surface area contributed by atoms with Crippen molar-refractivity contribution in [2.75, 3.05) is 12.3 Å². The predicted octanol–water partition coefficient (Wildman–Crippen LogP) is 5.99. The Hall–Kier alpha value is -0.660. The zero-order valence-electron chi connectivity index (χ0n) is 24.5. The van der Waals surface area contributed by atoms with E-state index in [-0.39, 0.29) is 51.0 Å². The van der Waals surface area contributed by atoms with E-state index in [1.165, 1.54) is 38.5 Å². The van der Waals surface area contributed by atoms with Crippen LogP contribution in [0.2, 0.25) is 0 Å². The van der Waals surface area contributed by atoms with Crippen LogP contribution in [0, 0.1) is 44.3 Å². The van der Waals surface area contributed by atoms with Gasteiger partial charge in [0.25, 0.3) is 10.1 Å². The molecule has 1 amide bonds.